The van der Waals surface area contributed by atoms with Crippen LogP contribution in [0.3, 0.4) is 0 Å². The number of aromatic amines is 1. The van der Waals surface area contributed by atoms with Gasteiger partial charge in [0.15, 0.2) is 0 Å². The lowest BCUT2D eigenvalue weighted by molar-refractivity contribution is -0.144. The van der Waals surface area contributed by atoms with Gasteiger partial charge in [0.05, 0.1) is 23.8 Å². The van der Waals surface area contributed by atoms with Gasteiger partial charge in [-0.15, -0.1) is 0 Å². The first-order chi connectivity index (χ1) is 28.3. The minimum Gasteiger partial charge on any atom is -0.494 e. The minimum atomic E-state index is -0.998. The summed E-state index contributed by atoms with van der Waals surface area (Å²) in [6.07, 6.45) is 11.4. The third-order valence-corrected chi connectivity index (χ3v) is 11.8. The molecule has 0 bridgehead atoms. The van der Waals surface area contributed by atoms with Crippen molar-refractivity contribution in [2.75, 3.05) is 26.3 Å². The maximum absolute atomic E-state index is 13.2. The molecule has 6 heterocycles. The summed E-state index contributed by atoms with van der Waals surface area (Å²) in [4.78, 5) is 78.2. The topological polar surface area (TPSA) is 173 Å². The number of benzene rings is 2. The number of likely N-dealkylation sites (tertiary alicyclic amines) is 1. The van der Waals surface area contributed by atoms with Crippen LogP contribution in [0.25, 0.3) is 32.9 Å². The second kappa shape index (κ2) is 16.0. The molecular weight excluding hydrogens is 741 g/mol. The van der Waals surface area contributed by atoms with Crippen molar-refractivity contribution < 1.29 is 38.2 Å². The first-order valence-corrected chi connectivity index (χ1v) is 20.2. The van der Waals surface area contributed by atoms with Gasteiger partial charge in [0.2, 0.25) is 23.6 Å². The summed E-state index contributed by atoms with van der Waals surface area (Å²) >= 11 is 0. The molecule has 5 amide bonds. The predicted octanol–water partition coefficient (Wildman–Crippen LogP) is 5.59. The number of H-pyrrole nitrogens is 1. The molecule has 9 rings (SSSR count). The lowest BCUT2D eigenvalue weighted by Crippen LogP contribution is -2.54. The summed E-state index contributed by atoms with van der Waals surface area (Å²) in [5.74, 6) is -0.907. The lowest BCUT2D eigenvalue weighted by Gasteiger charge is -2.39. The van der Waals surface area contributed by atoms with E-state index in [1.165, 1.54) is 0 Å². The molecule has 2 N–H and O–H groups in total. The number of fused-ring (bicyclic) bond motifs is 4. The standard InChI is InChI=1S/C44H44N6O8/c51-39-10-9-38(41(52)48-39)50-43(54)33-8-6-30(23-34(33)44(50)55)57-19-3-1-2-18-56-29-13-16-49(17-14-29)42(53)28-20-31(21-28)58-40-11-5-27(24-46-40)26-4-7-32-35-25-45-15-12-36(35)47-37(32)22-26/h4-8,11-12,15,22-25,28-29,31,38,47H,1-3,9-10,13-14,16-21H2,(H,48,51,52)/t28-,31-,38?. The van der Waals surface area contributed by atoms with E-state index in [4.69, 9.17) is 14.2 Å². The average molecular weight is 785 g/mol. The number of nitrogens with one attached hydrogen (secondary N) is 2. The number of piperidine rings is 2. The van der Waals surface area contributed by atoms with Gasteiger partial charge in [-0.2, -0.15) is 0 Å². The van der Waals surface area contributed by atoms with Crippen molar-refractivity contribution in [3.05, 3.63) is 84.3 Å². The van der Waals surface area contributed by atoms with Crippen LogP contribution in [-0.4, -0.2) is 98.8 Å². The zero-order valence-corrected chi connectivity index (χ0v) is 32.0. The number of imide groups is 2. The van der Waals surface area contributed by atoms with Crippen molar-refractivity contribution in [1.29, 1.82) is 0 Å². The first-order valence-electron chi connectivity index (χ1n) is 20.2. The van der Waals surface area contributed by atoms with E-state index in [0.29, 0.717) is 50.8 Å². The van der Waals surface area contributed by atoms with Crippen molar-refractivity contribution >= 4 is 51.3 Å². The van der Waals surface area contributed by atoms with E-state index in [0.717, 1.165) is 69.9 Å². The van der Waals surface area contributed by atoms with Crippen molar-refractivity contribution in [3.63, 3.8) is 0 Å². The molecule has 1 saturated carbocycles. The third kappa shape index (κ3) is 7.51. The average Bonchev–Trinajstić information content (AvgIpc) is 3.72. The quantitative estimate of drug-likeness (QED) is 0.113. The summed E-state index contributed by atoms with van der Waals surface area (Å²) in [7, 11) is 0. The molecule has 3 fully saturated rings. The van der Waals surface area contributed by atoms with E-state index < -0.39 is 29.7 Å². The number of nitrogens with zero attached hydrogens (tertiary/aromatic N) is 4. The Morgan fingerprint density at radius 1 is 0.776 bits per heavy atom. The SMILES string of the molecule is O=C1CCC(N2C(=O)c3ccc(OCCCCCOC4CCN(C(=O)[C@H]5C[C@H](Oc6ccc(-c7ccc8c(c7)[nH]c7ccncc78)cn6)C5)CC4)cc3C2=O)C(=O)N1. The number of hydrogen-bond donors (Lipinski definition) is 2. The van der Waals surface area contributed by atoms with Crippen LogP contribution in [0.5, 0.6) is 11.6 Å². The van der Waals surface area contributed by atoms with Gasteiger partial charge in [0.25, 0.3) is 11.8 Å². The minimum absolute atomic E-state index is 0.0176. The Bertz CT molecular complexity index is 2400. The van der Waals surface area contributed by atoms with Crippen LogP contribution in [-0.2, 0) is 19.1 Å². The highest BCUT2D eigenvalue weighted by Gasteiger charge is 2.45. The molecule has 2 aromatic carbocycles. The Balaban J connectivity index is 0.643. The molecule has 14 heteroatoms. The van der Waals surface area contributed by atoms with Gasteiger partial charge in [-0.05, 0) is 93.3 Å². The number of amides is 5. The largest absolute Gasteiger partial charge is 0.494 e. The molecule has 14 nitrogen and oxygen atoms in total. The van der Waals surface area contributed by atoms with Crippen LogP contribution in [0.15, 0.2) is 73.2 Å². The first kappa shape index (κ1) is 37.4. The van der Waals surface area contributed by atoms with Crippen molar-refractivity contribution in [1.82, 2.24) is 30.1 Å². The molecule has 2 saturated heterocycles. The fourth-order valence-electron chi connectivity index (χ4n) is 8.44. The molecule has 5 aromatic rings. The molecule has 1 unspecified atom stereocenters. The van der Waals surface area contributed by atoms with Gasteiger partial charge in [-0.3, -0.25) is 39.2 Å². The second-order valence-corrected chi connectivity index (χ2v) is 15.6. The molecule has 4 aliphatic rings. The smallest absolute Gasteiger partial charge is 0.262 e. The molecule has 1 aliphatic carbocycles. The molecule has 0 spiro atoms. The van der Waals surface area contributed by atoms with Crippen molar-refractivity contribution in [3.8, 4) is 22.8 Å². The molecule has 3 aromatic heterocycles. The van der Waals surface area contributed by atoms with Crippen LogP contribution >= 0.6 is 0 Å². The van der Waals surface area contributed by atoms with E-state index >= 15 is 0 Å². The normalized spacial score (nSPS) is 21.0. The molecule has 298 valence electrons. The third-order valence-electron chi connectivity index (χ3n) is 11.8. The number of ether oxygens (including phenoxy) is 3. The van der Waals surface area contributed by atoms with Crippen LogP contribution in [0.1, 0.15) is 78.5 Å². The van der Waals surface area contributed by atoms with E-state index in [-0.39, 0.29) is 48.0 Å². The van der Waals surface area contributed by atoms with Gasteiger partial charge in [0, 0.05) is 84.1 Å². The number of unbranched alkanes of at least 4 members (excludes halogenated alkanes) is 2. The fraction of sp³-hybridized carbons (Fsp3) is 0.386. The van der Waals surface area contributed by atoms with E-state index in [1.54, 1.807) is 24.4 Å². The summed E-state index contributed by atoms with van der Waals surface area (Å²) < 4.78 is 18.1. The Labute approximate surface area is 334 Å². The van der Waals surface area contributed by atoms with Crippen molar-refractivity contribution in [2.24, 2.45) is 5.92 Å². The number of pyridine rings is 2. The maximum Gasteiger partial charge on any atom is 0.262 e. The molecule has 3 aliphatic heterocycles. The monoisotopic (exact) mass is 784 g/mol. The number of hydrogen-bond acceptors (Lipinski definition) is 10. The molecular formula is C44H44N6O8. The highest BCUT2D eigenvalue weighted by molar-refractivity contribution is 6.23. The van der Waals surface area contributed by atoms with Crippen LogP contribution in [0.2, 0.25) is 0 Å². The maximum atomic E-state index is 13.2. The van der Waals surface area contributed by atoms with Gasteiger partial charge >= 0.3 is 0 Å². The Hall–Kier alpha value is -6.15. The van der Waals surface area contributed by atoms with Gasteiger partial charge in [-0.1, -0.05) is 12.1 Å². The Kier molecular flexibility index (Phi) is 10.3. The Morgan fingerprint density at radius 3 is 2.40 bits per heavy atom. The molecule has 58 heavy (non-hydrogen) atoms. The predicted molar refractivity (Wildman–Crippen MR) is 212 cm³/mol. The number of aromatic nitrogens is 3. The number of carbonyl (C=O) groups excluding carboxylic acids is 5. The van der Waals surface area contributed by atoms with Gasteiger partial charge in [-0.25, -0.2) is 4.98 Å². The van der Waals surface area contributed by atoms with Crippen LogP contribution < -0.4 is 14.8 Å². The zero-order chi connectivity index (χ0) is 39.8. The van der Waals surface area contributed by atoms with Crippen LogP contribution in [0.4, 0.5) is 0 Å². The summed E-state index contributed by atoms with van der Waals surface area (Å²) in [5.41, 5.74) is 4.61. The van der Waals surface area contributed by atoms with E-state index in [2.05, 4.69) is 38.5 Å². The highest BCUT2D eigenvalue weighted by Crippen LogP contribution is 2.35. The van der Waals surface area contributed by atoms with E-state index in [9.17, 15) is 24.0 Å². The molecule has 1 atom stereocenters. The fourth-order valence-corrected chi connectivity index (χ4v) is 8.44. The zero-order valence-electron chi connectivity index (χ0n) is 32.0. The van der Waals surface area contributed by atoms with E-state index in [1.807, 2.05) is 35.5 Å². The summed E-state index contributed by atoms with van der Waals surface area (Å²) in [6.45, 7) is 2.47. The highest BCUT2D eigenvalue weighted by atomic mass is 16.5. The second-order valence-electron chi connectivity index (χ2n) is 15.6. The molecule has 0 radical (unpaired) electrons. The van der Waals surface area contributed by atoms with Gasteiger partial charge < -0.3 is 24.1 Å². The Morgan fingerprint density at radius 2 is 1.59 bits per heavy atom. The lowest BCUT2D eigenvalue weighted by atomic mass is 9.81. The number of rotatable bonds is 13. The number of carbonyl (C=O) groups is 5. The summed E-state index contributed by atoms with van der Waals surface area (Å²) in [5, 5.41) is 4.45. The van der Waals surface area contributed by atoms with Gasteiger partial charge in [0.1, 0.15) is 17.9 Å². The van der Waals surface area contributed by atoms with Crippen LogP contribution in [0, 0.1) is 5.92 Å². The van der Waals surface area contributed by atoms with Crippen molar-refractivity contribution in [2.45, 2.75) is 76.0 Å². The summed E-state index contributed by atoms with van der Waals surface area (Å²) in [6, 6.07) is 16.0.